The van der Waals surface area contributed by atoms with Gasteiger partial charge < -0.3 is 25.4 Å². The Bertz CT molecular complexity index is 2880. The highest BCUT2D eigenvalue weighted by molar-refractivity contribution is 7.19. The van der Waals surface area contributed by atoms with Gasteiger partial charge in [0, 0.05) is 27.0 Å². The number of carboxylic acids is 1. The van der Waals surface area contributed by atoms with Crippen molar-refractivity contribution < 1.29 is 19.4 Å². The number of amides is 1. The van der Waals surface area contributed by atoms with Gasteiger partial charge in [0.1, 0.15) is 45.0 Å². The maximum absolute atomic E-state index is 13.4. The molecule has 8 aromatic rings. The van der Waals surface area contributed by atoms with E-state index in [9.17, 15) is 14.7 Å². The number of rotatable bonds is 6. The average molecular weight is 864 g/mol. The predicted octanol–water partition coefficient (Wildman–Crippen LogP) is 7.81. The zero-order chi connectivity index (χ0) is 40.2. The van der Waals surface area contributed by atoms with Crippen molar-refractivity contribution in [3.63, 3.8) is 0 Å². The fourth-order valence-corrected chi connectivity index (χ4v) is 12.2. The van der Waals surface area contributed by atoms with E-state index < -0.39 is 5.97 Å². The number of carbonyl (C=O) groups excluding carboxylic acids is 1. The fraction of sp³-hybridized carbons (Fsp3) is 0.350. The molecule has 300 valence electrons. The number of nitrogens with one attached hydrogen (secondary N) is 2. The largest absolute Gasteiger partial charge is 0.481 e. The molecular weight excluding hydrogens is 827 g/mol. The Hall–Kier alpha value is -5.34. The molecular formula is C40H37N11O4S4. The highest BCUT2D eigenvalue weighted by Crippen LogP contribution is 2.42. The summed E-state index contributed by atoms with van der Waals surface area (Å²) in [5.74, 6) is 0.828. The van der Waals surface area contributed by atoms with E-state index in [0.29, 0.717) is 26.1 Å². The van der Waals surface area contributed by atoms with E-state index in [1.54, 1.807) is 35.3 Å². The number of nitrogens with zero attached hydrogens (tertiary/aromatic N) is 9. The van der Waals surface area contributed by atoms with Crippen LogP contribution in [0.1, 0.15) is 47.6 Å². The normalized spacial score (nSPS) is 20.3. The number of hydrogen-bond acceptors (Lipinski definition) is 17. The monoisotopic (exact) mass is 863 g/mol. The van der Waals surface area contributed by atoms with Gasteiger partial charge in [-0.05, 0) is 123 Å². The van der Waals surface area contributed by atoms with Gasteiger partial charge in [-0.3, -0.25) is 9.59 Å². The summed E-state index contributed by atoms with van der Waals surface area (Å²) in [4.78, 5) is 49.0. The first-order valence-corrected chi connectivity index (χ1v) is 22.6. The maximum Gasteiger partial charge on any atom is 0.306 e. The highest BCUT2D eigenvalue weighted by atomic mass is 32.1. The third-order valence-corrected chi connectivity index (χ3v) is 15.0. The summed E-state index contributed by atoms with van der Waals surface area (Å²) in [6, 6.07) is 12.1. The molecule has 0 spiro atoms. The molecule has 3 aliphatic rings. The maximum atomic E-state index is 13.4. The van der Waals surface area contributed by atoms with Gasteiger partial charge >= 0.3 is 5.97 Å². The van der Waals surface area contributed by atoms with Crippen LogP contribution in [-0.4, -0.2) is 86.3 Å². The number of thiophene rings is 2. The Morgan fingerprint density at radius 2 is 1.24 bits per heavy atom. The standard InChI is InChI=1S/C23H24N6O2S2.C17H13N5O2S2/c1-12-9-31-10-13(2)29(12)23(30)14-3-5-16-18(7-14)32-22-20(16)21(24-11-25-22)26-15-4-6-17-19(8-15)33-28-27-17;23-17(24)8-1-3-10-12(5-8)25-16-14(10)15(18-7-19-16)20-9-2-4-11-13(6-9)26-22-21-11/h4,6,8,11-14H,3,5,7,9-10H2,1-2H3,(H,24,25,26);2,4,6-8H,1,3,5H2,(H,23,24)(H,18,19,20)/t12-,13+,14-;8-/m00/s1. The number of carboxylic acid groups (broad SMARTS) is 1. The Morgan fingerprint density at radius 3 is 1.76 bits per heavy atom. The Kier molecular flexibility index (Phi) is 10.1. The molecule has 11 rings (SSSR count). The molecule has 7 heterocycles. The van der Waals surface area contributed by atoms with E-state index in [2.05, 4.69) is 63.6 Å². The van der Waals surface area contributed by atoms with Crippen LogP contribution in [0.3, 0.4) is 0 Å². The lowest BCUT2D eigenvalue weighted by Crippen LogP contribution is -2.54. The number of aromatic nitrogens is 8. The van der Waals surface area contributed by atoms with Crippen LogP contribution in [0.2, 0.25) is 0 Å². The van der Waals surface area contributed by atoms with Crippen molar-refractivity contribution in [2.24, 2.45) is 11.8 Å². The molecule has 0 saturated carbocycles. The third-order valence-electron chi connectivity index (χ3n) is 11.3. The van der Waals surface area contributed by atoms with Crippen molar-refractivity contribution in [1.82, 2.24) is 44.0 Å². The molecule has 2 aliphatic carbocycles. The van der Waals surface area contributed by atoms with Crippen LogP contribution >= 0.6 is 45.7 Å². The molecule has 3 N–H and O–H groups in total. The summed E-state index contributed by atoms with van der Waals surface area (Å²) in [6.07, 6.45) is 7.61. The summed E-state index contributed by atoms with van der Waals surface area (Å²) >= 11 is 6.01. The molecule has 1 amide bonds. The van der Waals surface area contributed by atoms with Gasteiger partial charge in [-0.2, -0.15) is 0 Å². The molecule has 1 fully saturated rings. The minimum atomic E-state index is -0.719. The predicted molar refractivity (Wildman–Crippen MR) is 231 cm³/mol. The third kappa shape index (κ3) is 7.24. The van der Waals surface area contributed by atoms with Crippen molar-refractivity contribution in [2.45, 2.75) is 64.5 Å². The van der Waals surface area contributed by atoms with E-state index in [0.717, 1.165) is 94.4 Å². The minimum absolute atomic E-state index is 0.0131. The van der Waals surface area contributed by atoms with Crippen molar-refractivity contribution in [1.29, 1.82) is 0 Å². The molecule has 59 heavy (non-hydrogen) atoms. The number of fused-ring (bicyclic) bond motifs is 8. The molecule has 15 nitrogen and oxygen atoms in total. The van der Waals surface area contributed by atoms with Gasteiger partial charge in [-0.15, -0.1) is 32.9 Å². The van der Waals surface area contributed by atoms with Gasteiger partial charge in [-0.25, -0.2) is 19.9 Å². The fourth-order valence-electron chi connectivity index (χ4n) is 8.47. The van der Waals surface area contributed by atoms with Gasteiger partial charge in [0.15, 0.2) is 0 Å². The Labute approximate surface area is 353 Å². The Balaban J connectivity index is 0.000000147. The average Bonchev–Trinajstić information content (AvgIpc) is 4.05. The summed E-state index contributed by atoms with van der Waals surface area (Å²) in [6.45, 7) is 5.39. The quantitative estimate of drug-likeness (QED) is 0.147. The van der Waals surface area contributed by atoms with E-state index in [-0.39, 0.29) is 29.8 Å². The zero-order valence-corrected chi connectivity index (χ0v) is 35.2. The number of carbonyl (C=O) groups is 2. The number of morpholine rings is 1. The number of ether oxygens (including phenoxy) is 1. The SMILES string of the molecule is C[C@@H]1COC[C@H](C)N1C(=O)[C@H]1CCc2c(sc3ncnc(Nc4ccc5nnsc5c4)c23)C1.O=C(O)[C@H]1CCc2c(sc3ncnc(Nc4ccc5nnsc5c4)c23)C1. The molecule has 0 bridgehead atoms. The first-order valence-electron chi connectivity index (χ1n) is 19.4. The highest BCUT2D eigenvalue weighted by Gasteiger charge is 2.37. The summed E-state index contributed by atoms with van der Waals surface area (Å²) < 4.78 is 15.6. The molecule has 4 atom stereocenters. The second kappa shape index (κ2) is 15.7. The van der Waals surface area contributed by atoms with Crippen molar-refractivity contribution in [2.75, 3.05) is 23.8 Å². The van der Waals surface area contributed by atoms with Crippen molar-refractivity contribution >= 4 is 121 Å². The first-order chi connectivity index (χ1) is 28.8. The zero-order valence-electron chi connectivity index (χ0n) is 31.9. The van der Waals surface area contributed by atoms with E-state index >= 15 is 0 Å². The van der Waals surface area contributed by atoms with Crippen LogP contribution in [0.25, 0.3) is 40.9 Å². The van der Waals surface area contributed by atoms with Crippen LogP contribution < -0.4 is 10.6 Å². The number of anilines is 4. The lowest BCUT2D eigenvalue weighted by Gasteiger charge is -2.41. The van der Waals surface area contributed by atoms with Crippen LogP contribution in [0, 0.1) is 11.8 Å². The van der Waals surface area contributed by atoms with E-state index in [1.165, 1.54) is 39.1 Å². The van der Waals surface area contributed by atoms with Crippen molar-refractivity contribution in [3.8, 4) is 0 Å². The molecule has 1 aliphatic heterocycles. The van der Waals surface area contributed by atoms with Crippen LogP contribution in [0.5, 0.6) is 0 Å². The van der Waals surface area contributed by atoms with Crippen LogP contribution in [-0.2, 0) is 40.0 Å². The van der Waals surface area contributed by atoms with Gasteiger partial charge in [0.2, 0.25) is 5.91 Å². The first kappa shape index (κ1) is 37.9. The van der Waals surface area contributed by atoms with Crippen LogP contribution in [0.4, 0.5) is 23.0 Å². The Morgan fingerprint density at radius 1 is 0.729 bits per heavy atom. The molecule has 0 radical (unpaired) electrons. The van der Waals surface area contributed by atoms with Gasteiger partial charge in [-0.1, -0.05) is 8.98 Å². The number of aliphatic carboxylic acids is 1. The topological polar surface area (TPSA) is 194 Å². The lowest BCUT2D eigenvalue weighted by molar-refractivity contribution is -0.149. The summed E-state index contributed by atoms with van der Waals surface area (Å²) in [5, 5.41) is 26.4. The van der Waals surface area contributed by atoms with E-state index in [4.69, 9.17) is 4.74 Å². The van der Waals surface area contributed by atoms with Gasteiger partial charge in [0.25, 0.3) is 0 Å². The molecule has 0 unspecified atom stereocenters. The van der Waals surface area contributed by atoms with Crippen molar-refractivity contribution in [3.05, 3.63) is 69.9 Å². The minimum Gasteiger partial charge on any atom is -0.481 e. The lowest BCUT2D eigenvalue weighted by atomic mass is 9.86. The second-order valence-corrected chi connectivity index (χ2v) is 18.9. The number of aryl methyl sites for hydroxylation is 2. The smallest absolute Gasteiger partial charge is 0.306 e. The molecule has 2 aromatic carbocycles. The summed E-state index contributed by atoms with van der Waals surface area (Å²) in [7, 11) is 0. The number of benzene rings is 2. The second-order valence-electron chi connectivity index (χ2n) is 15.2. The molecule has 19 heteroatoms. The molecule has 6 aromatic heterocycles. The van der Waals surface area contributed by atoms with Crippen LogP contribution in [0.15, 0.2) is 49.1 Å². The van der Waals surface area contributed by atoms with E-state index in [1.807, 2.05) is 41.3 Å². The van der Waals surface area contributed by atoms with Gasteiger partial charge in [0.05, 0.1) is 51.4 Å². The molecule has 1 saturated heterocycles. The summed E-state index contributed by atoms with van der Waals surface area (Å²) in [5.41, 5.74) is 6.11. The number of hydrogen-bond donors (Lipinski definition) is 3.